The van der Waals surface area contributed by atoms with Crippen LogP contribution >= 0.6 is 0 Å². The van der Waals surface area contributed by atoms with Crippen LogP contribution in [-0.4, -0.2) is 64.0 Å². The van der Waals surface area contributed by atoms with Gasteiger partial charge in [-0.1, -0.05) is 0 Å². The second kappa shape index (κ2) is 10.3. The fraction of sp³-hybridized carbons (Fsp3) is 0.600. The third kappa shape index (κ3) is 5.59. The van der Waals surface area contributed by atoms with Gasteiger partial charge < -0.3 is 14.4 Å². The molecular weight excluding hydrogens is 358 g/mol. The quantitative estimate of drug-likeness (QED) is 0.612. The molecule has 0 saturated carbocycles. The van der Waals surface area contributed by atoms with Crippen molar-refractivity contribution in [2.45, 2.75) is 45.3 Å². The lowest BCUT2D eigenvalue weighted by molar-refractivity contribution is -0.132. The number of piperidine rings is 1. The average molecular weight is 387 g/mol. The van der Waals surface area contributed by atoms with E-state index in [4.69, 9.17) is 14.5 Å². The van der Waals surface area contributed by atoms with Crippen LogP contribution in [-0.2, 0) is 27.4 Å². The van der Waals surface area contributed by atoms with Gasteiger partial charge in [0.2, 0.25) is 5.91 Å². The molecule has 3 heterocycles. The molecule has 8 nitrogen and oxygen atoms in total. The summed E-state index contributed by atoms with van der Waals surface area (Å²) in [6, 6.07) is 1.87. The lowest BCUT2D eigenvalue weighted by atomic mass is 9.90. The Hall–Kier alpha value is -2.32. The lowest BCUT2D eigenvalue weighted by Crippen LogP contribution is -2.38. The van der Waals surface area contributed by atoms with Gasteiger partial charge in [-0.2, -0.15) is 5.10 Å². The highest BCUT2D eigenvalue weighted by molar-refractivity contribution is 5.76. The van der Waals surface area contributed by atoms with Crippen LogP contribution in [0.5, 0.6) is 0 Å². The maximum atomic E-state index is 12.5. The van der Waals surface area contributed by atoms with E-state index in [9.17, 15) is 4.79 Å². The monoisotopic (exact) mass is 387 g/mol. The Morgan fingerprint density at radius 3 is 2.82 bits per heavy atom. The molecule has 2 aromatic heterocycles. The second-order valence-corrected chi connectivity index (χ2v) is 7.05. The minimum absolute atomic E-state index is 0.191. The Kier molecular flexibility index (Phi) is 7.50. The Balaban J connectivity index is 1.53. The molecule has 152 valence electrons. The number of carbonyl (C=O) groups excluding carboxylic acids is 1. The van der Waals surface area contributed by atoms with Crippen LogP contribution in [0.15, 0.2) is 24.7 Å². The summed E-state index contributed by atoms with van der Waals surface area (Å²) in [7, 11) is 1.66. The maximum Gasteiger partial charge on any atom is 0.224 e. The molecule has 0 radical (unpaired) electrons. The Morgan fingerprint density at radius 2 is 2.11 bits per heavy atom. The van der Waals surface area contributed by atoms with Gasteiger partial charge in [-0.15, -0.1) is 0 Å². The summed E-state index contributed by atoms with van der Waals surface area (Å²) in [5.74, 6) is 1.29. The van der Waals surface area contributed by atoms with E-state index >= 15 is 0 Å². The standard InChI is InChI=1S/C20H29N5O3/c1-16-21-14-18(15-28-13-12-27-2)20(23-16)17-4-9-24(10-5-17)19(26)6-11-25-8-3-7-22-25/h3,7-8,14,17H,4-6,9-13,15H2,1-2H3. The van der Waals surface area contributed by atoms with Crippen LogP contribution in [0.25, 0.3) is 0 Å². The van der Waals surface area contributed by atoms with Gasteiger partial charge >= 0.3 is 0 Å². The maximum absolute atomic E-state index is 12.5. The summed E-state index contributed by atoms with van der Waals surface area (Å²) in [5, 5.41) is 4.15. The molecule has 0 aromatic carbocycles. The van der Waals surface area contributed by atoms with E-state index < -0.39 is 0 Å². The number of rotatable bonds is 9. The van der Waals surface area contributed by atoms with E-state index in [0.29, 0.717) is 38.7 Å². The highest BCUT2D eigenvalue weighted by Gasteiger charge is 2.26. The lowest BCUT2D eigenvalue weighted by Gasteiger charge is -2.32. The number of carbonyl (C=O) groups is 1. The van der Waals surface area contributed by atoms with Crippen molar-refractivity contribution in [3.63, 3.8) is 0 Å². The Morgan fingerprint density at radius 1 is 1.29 bits per heavy atom. The van der Waals surface area contributed by atoms with Crippen molar-refractivity contribution in [3.05, 3.63) is 41.7 Å². The first-order chi connectivity index (χ1) is 13.7. The number of aryl methyl sites for hydroxylation is 2. The topological polar surface area (TPSA) is 82.4 Å². The van der Waals surface area contributed by atoms with Crippen molar-refractivity contribution in [2.75, 3.05) is 33.4 Å². The van der Waals surface area contributed by atoms with Gasteiger partial charge in [-0.25, -0.2) is 9.97 Å². The number of likely N-dealkylation sites (tertiary alicyclic amines) is 1. The third-order valence-corrected chi connectivity index (χ3v) is 5.06. The van der Waals surface area contributed by atoms with Crippen molar-refractivity contribution in [1.82, 2.24) is 24.6 Å². The fourth-order valence-corrected chi connectivity index (χ4v) is 3.50. The molecule has 0 spiro atoms. The predicted octanol–water partition coefficient (Wildman–Crippen LogP) is 1.94. The van der Waals surface area contributed by atoms with E-state index in [1.165, 1.54) is 0 Å². The van der Waals surface area contributed by atoms with E-state index in [0.717, 1.165) is 43.0 Å². The molecule has 0 N–H and O–H groups in total. The van der Waals surface area contributed by atoms with Crippen LogP contribution in [0.4, 0.5) is 0 Å². The van der Waals surface area contributed by atoms with E-state index in [-0.39, 0.29) is 5.91 Å². The molecule has 28 heavy (non-hydrogen) atoms. The van der Waals surface area contributed by atoms with E-state index in [2.05, 4.69) is 10.1 Å². The van der Waals surface area contributed by atoms with Gasteiger partial charge in [0.25, 0.3) is 0 Å². The van der Waals surface area contributed by atoms with Crippen molar-refractivity contribution >= 4 is 5.91 Å². The Bertz CT molecular complexity index is 742. The molecule has 3 rings (SSSR count). The SMILES string of the molecule is COCCOCc1cnc(C)nc1C1CCN(C(=O)CCn2cccn2)CC1. The largest absolute Gasteiger partial charge is 0.382 e. The number of amides is 1. The molecule has 0 unspecified atom stereocenters. The zero-order chi connectivity index (χ0) is 19.8. The molecule has 0 aliphatic carbocycles. The molecule has 1 aliphatic rings. The van der Waals surface area contributed by atoms with Crippen LogP contribution < -0.4 is 0 Å². The van der Waals surface area contributed by atoms with Gasteiger partial charge in [0.15, 0.2) is 0 Å². The molecule has 1 saturated heterocycles. The minimum atomic E-state index is 0.191. The summed E-state index contributed by atoms with van der Waals surface area (Å²) in [6.07, 6.45) is 7.79. The first-order valence-electron chi connectivity index (χ1n) is 9.81. The molecule has 1 aliphatic heterocycles. The van der Waals surface area contributed by atoms with Gasteiger partial charge in [0.05, 0.1) is 25.5 Å². The summed E-state index contributed by atoms with van der Waals surface area (Å²) < 4.78 is 12.5. The van der Waals surface area contributed by atoms with Crippen molar-refractivity contribution in [3.8, 4) is 0 Å². The minimum Gasteiger partial charge on any atom is -0.382 e. The van der Waals surface area contributed by atoms with Crippen LogP contribution in [0, 0.1) is 6.92 Å². The normalized spacial score (nSPS) is 15.1. The molecular formula is C20H29N5O3. The van der Waals surface area contributed by atoms with Crippen molar-refractivity contribution < 1.29 is 14.3 Å². The number of methoxy groups -OCH3 is 1. The summed E-state index contributed by atoms with van der Waals surface area (Å²) >= 11 is 0. The molecule has 1 amide bonds. The predicted molar refractivity (Wildman–Crippen MR) is 104 cm³/mol. The van der Waals surface area contributed by atoms with Gasteiger partial charge in [0.1, 0.15) is 5.82 Å². The molecule has 8 heteroatoms. The van der Waals surface area contributed by atoms with Crippen LogP contribution in [0.2, 0.25) is 0 Å². The van der Waals surface area contributed by atoms with Crippen molar-refractivity contribution in [2.24, 2.45) is 0 Å². The number of ether oxygens (including phenoxy) is 2. The van der Waals surface area contributed by atoms with E-state index in [1.54, 1.807) is 18.0 Å². The average Bonchev–Trinajstić information content (AvgIpc) is 3.24. The summed E-state index contributed by atoms with van der Waals surface area (Å²) in [5.41, 5.74) is 2.10. The molecule has 2 aromatic rings. The number of hydrogen-bond acceptors (Lipinski definition) is 6. The number of nitrogens with zero attached hydrogens (tertiary/aromatic N) is 5. The van der Waals surface area contributed by atoms with Gasteiger partial charge in [0, 0.05) is 63.2 Å². The first-order valence-corrected chi connectivity index (χ1v) is 9.81. The highest BCUT2D eigenvalue weighted by atomic mass is 16.5. The molecule has 0 bridgehead atoms. The summed E-state index contributed by atoms with van der Waals surface area (Å²) in [4.78, 5) is 23.5. The molecule has 1 fully saturated rings. The number of hydrogen-bond donors (Lipinski definition) is 0. The first kappa shape index (κ1) is 20.4. The van der Waals surface area contributed by atoms with Crippen LogP contribution in [0.3, 0.4) is 0 Å². The second-order valence-electron chi connectivity index (χ2n) is 7.05. The zero-order valence-corrected chi connectivity index (χ0v) is 16.7. The van der Waals surface area contributed by atoms with Crippen molar-refractivity contribution in [1.29, 1.82) is 0 Å². The Labute approximate surface area is 165 Å². The highest BCUT2D eigenvalue weighted by Crippen LogP contribution is 2.29. The fourth-order valence-electron chi connectivity index (χ4n) is 3.50. The smallest absolute Gasteiger partial charge is 0.224 e. The van der Waals surface area contributed by atoms with Crippen LogP contribution in [0.1, 0.15) is 42.3 Å². The summed E-state index contributed by atoms with van der Waals surface area (Å²) in [6.45, 7) is 5.66. The van der Waals surface area contributed by atoms with Gasteiger partial charge in [-0.05, 0) is 25.8 Å². The van der Waals surface area contributed by atoms with Gasteiger partial charge in [-0.3, -0.25) is 9.48 Å². The number of aromatic nitrogens is 4. The molecule has 0 atom stereocenters. The zero-order valence-electron chi connectivity index (χ0n) is 16.7. The van der Waals surface area contributed by atoms with E-state index in [1.807, 2.05) is 30.3 Å². The third-order valence-electron chi connectivity index (χ3n) is 5.06.